The van der Waals surface area contributed by atoms with Crippen LogP contribution in [-0.4, -0.2) is 23.3 Å². The zero-order valence-corrected chi connectivity index (χ0v) is 19.3. The summed E-state index contributed by atoms with van der Waals surface area (Å²) in [4.78, 5) is 28.7. The van der Waals surface area contributed by atoms with Crippen LogP contribution in [0.15, 0.2) is 66.7 Å². The van der Waals surface area contributed by atoms with Crippen LogP contribution in [0.2, 0.25) is 0 Å². The van der Waals surface area contributed by atoms with Gasteiger partial charge in [0.25, 0.3) is 5.91 Å². The van der Waals surface area contributed by atoms with Gasteiger partial charge in [-0.25, -0.2) is 4.39 Å². The second kappa shape index (κ2) is 9.57. The van der Waals surface area contributed by atoms with Gasteiger partial charge in [-0.2, -0.15) is 0 Å². The van der Waals surface area contributed by atoms with E-state index in [2.05, 4.69) is 5.32 Å². The average molecular weight is 445 g/mol. The van der Waals surface area contributed by atoms with Gasteiger partial charge in [-0.3, -0.25) is 9.59 Å². The molecule has 2 atom stereocenters. The number of anilines is 1. The SMILES string of the molecule is Cc1ccc(NC(=O)C2CCCN(C(=O)c3c(C)cccc3F)[C@H]2c2ccccc2)cc1C. The molecule has 1 unspecified atom stereocenters. The molecule has 1 saturated heterocycles. The van der Waals surface area contributed by atoms with Gasteiger partial charge in [-0.05, 0) is 74.1 Å². The second-order valence-electron chi connectivity index (χ2n) is 8.82. The zero-order valence-electron chi connectivity index (χ0n) is 19.3. The molecule has 5 heteroatoms. The summed E-state index contributed by atoms with van der Waals surface area (Å²) < 4.78 is 14.7. The number of piperidine rings is 1. The van der Waals surface area contributed by atoms with Gasteiger partial charge >= 0.3 is 0 Å². The number of halogens is 1. The van der Waals surface area contributed by atoms with E-state index in [0.29, 0.717) is 24.9 Å². The molecule has 4 nitrogen and oxygen atoms in total. The topological polar surface area (TPSA) is 49.4 Å². The summed E-state index contributed by atoms with van der Waals surface area (Å²) in [6, 6.07) is 19.6. The van der Waals surface area contributed by atoms with E-state index in [1.807, 2.05) is 62.4 Å². The summed E-state index contributed by atoms with van der Waals surface area (Å²) in [6.45, 7) is 6.25. The van der Waals surface area contributed by atoms with E-state index in [1.54, 1.807) is 24.0 Å². The number of nitrogens with one attached hydrogen (secondary N) is 1. The summed E-state index contributed by atoms with van der Waals surface area (Å²) in [5.74, 6) is -1.48. The number of amides is 2. The number of carbonyl (C=O) groups excluding carboxylic acids is 2. The Bertz CT molecular complexity index is 1160. The molecular formula is C28H29FN2O2. The molecule has 170 valence electrons. The standard InChI is InChI=1S/C28H29FN2O2/c1-18-14-15-22(17-20(18)3)30-27(32)23-12-8-16-31(26(23)21-10-5-4-6-11-21)28(33)25-19(2)9-7-13-24(25)29/h4-7,9-11,13-15,17,23,26H,8,12,16H2,1-3H3,(H,30,32)/t23?,26-/m0/s1. The van der Waals surface area contributed by atoms with E-state index in [4.69, 9.17) is 0 Å². The number of hydrogen-bond acceptors (Lipinski definition) is 2. The molecule has 0 bridgehead atoms. The van der Waals surface area contributed by atoms with Crippen LogP contribution in [0.4, 0.5) is 10.1 Å². The third kappa shape index (κ3) is 4.68. The summed E-state index contributed by atoms with van der Waals surface area (Å²) in [7, 11) is 0. The molecule has 0 aromatic heterocycles. The van der Waals surface area contributed by atoms with Crippen molar-refractivity contribution >= 4 is 17.5 Å². The fourth-order valence-corrected chi connectivity index (χ4v) is 4.66. The summed E-state index contributed by atoms with van der Waals surface area (Å²) in [5.41, 5.74) is 4.54. The molecule has 0 saturated carbocycles. The van der Waals surface area contributed by atoms with E-state index in [0.717, 1.165) is 22.4 Å². The van der Waals surface area contributed by atoms with Gasteiger partial charge in [0.2, 0.25) is 5.91 Å². The summed E-state index contributed by atoms with van der Waals surface area (Å²) >= 11 is 0. The van der Waals surface area contributed by atoms with E-state index < -0.39 is 17.8 Å². The van der Waals surface area contributed by atoms with Crippen LogP contribution in [0.5, 0.6) is 0 Å². The molecule has 1 aliphatic heterocycles. The first-order valence-corrected chi connectivity index (χ1v) is 11.4. The van der Waals surface area contributed by atoms with E-state index in [1.165, 1.54) is 6.07 Å². The molecule has 1 aliphatic rings. The van der Waals surface area contributed by atoms with Gasteiger partial charge in [0, 0.05) is 12.2 Å². The molecule has 3 aromatic carbocycles. The smallest absolute Gasteiger partial charge is 0.257 e. The Morgan fingerprint density at radius 2 is 1.67 bits per heavy atom. The van der Waals surface area contributed by atoms with Gasteiger partial charge in [0.15, 0.2) is 0 Å². The van der Waals surface area contributed by atoms with Crippen LogP contribution >= 0.6 is 0 Å². The molecule has 0 spiro atoms. The Balaban J connectivity index is 1.70. The molecule has 1 heterocycles. The quantitative estimate of drug-likeness (QED) is 0.538. The number of carbonyl (C=O) groups is 2. The van der Waals surface area contributed by atoms with Crippen LogP contribution in [0.25, 0.3) is 0 Å². The van der Waals surface area contributed by atoms with Crippen molar-refractivity contribution in [3.63, 3.8) is 0 Å². The minimum atomic E-state index is -0.534. The fraction of sp³-hybridized carbons (Fsp3) is 0.286. The van der Waals surface area contributed by atoms with Gasteiger partial charge in [-0.1, -0.05) is 48.5 Å². The molecule has 1 fully saturated rings. The number of aryl methyl sites for hydroxylation is 3. The number of benzene rings is 3. The third-order valence-electron chi connectivity index (χ3n) is 6.58. The molecule has 0 radical (unpaired) electrons. The lowest BCUT2D eigenvalue weighted by Crippen LogP contribution is -2.46. The third-order valence-corrected chi connectivity index (χ3v) is 6.58. The highest BCUT2D eigenvalue weighted by molar-refractivity contribution is 5.98. The molecule has 4 rings (SSSR count). The van der Waals surface area contributed by atoms with E-state index >= 15 is 0 Å². The van der Waals surface area contributed by atoms with Crippen molar-refractivity contribution in [2.24, 2.45) is 5.92 Å². The number of likely N-dealkylation sites (tertiary alicyclic amines) is 1. The first-order chi connectivity index (χ1) is 15.9. The van der Waals surface area contributed by atoms with Crippen LogP contribution in [0.3, 0.4) is 0 Å². The largest absolute Gasteiger partial charge is 0.331 e. The van der Waals surface area contributed by atoms with Gasteiger partial charge in [0.1, 0.15) is 5.82 Å². The van der Waals surface area contributed by atoms with Crippen molar-refractivity contribution < 1.29 is 14.0 Å². The Morgan fingerprint density at radius 1 is 0.909 bits per heavy atom. The van der Waals surface area contributed by atoms with E-state index in [-0.39, 0.29) is 17.4 Å². The zero-order chi connectivity index (χ0) is 23.5. The first kappa shape index (κ1) is 22.7. The number of nitrogens with zero attached hydrogens (tertiary/aromatic N) is 1. The van der Waals surface area contributed by atoms with Crippen LogP contribution in [-0.2, 0) is 4.79 Å². The lowest BCUT2D eigenvalue weighted by molar-refractivity contribution is -0.123. The normalized spacial score (nSPS) is 18.1. The Morgan fingerprint density at radius 3 is 2.36 bits per heavy atom. The van der Waals surface area contributed by atoms with Gasteiger partial charge in [0.05, 0.1) is 17.5 Å². The van der Waals surface area contributed by atoms with Crippen molar-refractivity contribution in [1.82, 2.24) is 4.90 Å². The van der Waals surface area contributed by atoms with Gasteiger partial charge < -0.3 is 10.2 Å². The van der Waals surface area contributed by atoms with Gasteiger partial charge in [-0.15, -0.1) is 0 Å². The highest BCUT2D eigenvalue weighted by Gasteiger charge is 2.40. The van der Waals surface area contributed by atoms with Crippen molar-refractivity contribution in [3.8, 4) is 0 Å². The first-order valence-electron chi connectivity index (χ1n) is 11.4. The summed E-state index contributed by atoms with van der Waals surface area (Å²) in [6.07, 6.45) is 1.32. The van der Waals surface area contributed by atoms with Crippen molar-refractivity contribution in [2.45, 2.75) is 39.7 Å². The lowest BCUT2D eigenvalue weighted by Gasteiger charge is -2.41. The maximum absolute atomic E-state index is 14.7. The molecule has 0 aliphatic carbocycles. The van der Waals surface area contributed by atoms with Crippen LogP contribution in [0.1, 0.15) is 51.5 Å². The Kier molecular flexibility index (Phi) is 6.59. The molecule has 33 heavy (non-hydrogen) atoms. The Labute approximate surface area is 194 Å². The van der Waals surface area contributed by atoms with Crippen LogP contribution < -0.4 is 5.32 Å². The molecular weight excluding hydrogens is 415 g/mol. The average Bonchev–Trinajstić information content (AvgIpc) is 2.81. The molecule has 2 amide bonds. The maximum Gasteiger partial charge on any atom is 0.257 e. The predicted molar refractivity (Wildman–Crippen MR) is 129 cm³/mol. The van der Waals surface area contributed by atoms with Crippen molar-refractivity contribution in [2.75, 3.05) is 11.9 Å². The summed E-state index contributed by atoms with van der Waals surface area (Å²) in [5, 5.41) is 3.05. The molecule has 1 N–H and O–H groups in total. The second-order valence-corrected chi connectivity index (χ2v) is 8.82. The predicted octanol–water partition coefficient (Wildman–Crippen LogP) is 5.98. The van der Waals surface area contributed by atoms with Crippen molar-refractivity contribution in [3.05, 3.63) is 100 Å². The van der Waals surface area contributed by atoms with Crippen LogP contribution in [0, 0.1) is 32.5 Å². The maximum atomic E-state index is 14.7. The number of hydrogen-bond donors (Lipinski definition) is 1. The monoisotopic (exact) mass is 444 g/mol. The fourth-order valence-electron chi connectivity index (χ4n) is 4.66. The Hall–Kier alpha value is -3.47. The minimum Gasteiger partial charge on any atom is -0.331 e. The highest BCUT2D eigenvalue weighted by Crippen LogP contribution is 2.38. The minimum absolute atomic E-state index is 0.0775. The lowest BCUT2D eigenvalue weighted by atomic mass is 9.83. The highest BCUT2D eigenvalue weighted by atomic mass is 19.1. The molecule has 3 aromatic rings. The van der Waals surface area contributed by atoms with E-state index in [9.17, 15) is 14.0 Å². The number of rotatable bonds is 4. The van der Waals surface area contributed by atoms with Crippen molar-refractivity contribution in [1.29, 1.82) is 0 Å².